The molecular formula is C18H27NO. The Kier molecular flexibility index (Phi) is 4.30. The molecule has 0 radical (unpaired) electrons. The fourth-order valence-corrected chi connectivity index (χ4v) is 3.89. The Morgan fingerprint density at radius 2 is 2.10 bits per heavy atom. The van der Waals surface area contributed by atoms with Gasteiger partial charge < -0.3 is 10.1 Å². The quantitative estimate of drug-likeness (QED) is 0.844. The van der Waals surface area contributed by atoms with E-state index in [0.717, 1.165) is 18.1 Å². The van der Waals surface area contributed by atoms with Gasteiger partial charge >= 0.3 is 0 Å². The molecule has 1 heterocycles. The summed E-state index contributed by atoms with van der Waals surface area (Å²) in [6.07, 6.45) is 9.57. The number of benzene rings is 1. The lowest BCUT2D eigenvalue weighted by Crippen LogP contribution is -2.28. The molecule has 2 heteroatoms. The fraction of sp³-hybridized carbons (Fsp3) is 0.667. The Labute approximate surface area is 122 Å². The maximum absolute atomic E-state index is 6.15. The van der Waals surface area contributed by atoms with Crippen molar-refractivity contribution in [2.45, 2.75) is 64.0 Å². The Balaban J connectivity index is 1.59. The second-order valence-electron chi connectivity index (χ2n) is 6.66. The van der Waals surface area contributed by atoms with E-state index >= 15 is 0 Å². The largest absolute Gasteiger partial charge is 0.490 e. The van der Waals surface area contributed by atoms with Gasteiger partial charge in [-0.05, 0) is 50.8 Å². The van der Waals surface area contributed by atoms with Crippen LogP contribution in [0.2, 0.25) is 0 Å². The van der Waals surface area contributed by atoms with E-state index in [1.165, 1.54) is 49.7 Å². The summed E-state index contributed by atoms with van der Waals surface area (Å²) >= 11 is 0. The summed E-state index contributed by atoms with van der Waals surface area (Å²) in [4.78, 5) is 0. The van der Waals surface area contributed by atoms with E-state index in [0.29, 0.717) is 12.1 Å². The average Bonchev–Trinajstić information content (AvgIpc) is 2.67. The van der Waals surface area contributed by atoms with Gasteiger partial charge in [0.05, 0.1) is 0 Å². The lowest BCUT2D eigenvalue weighted by molar-refractivity contribution is 0.183. The van der Waals surface area contributed by atoms with Crippen molar-refractivity contribution in [3.8, 4) is 5.75 Å². The van der Waals surface area contributed by atoms with Crippen molar-refractivity contribution in [1.29, 1.82) is 0 Å². The molecule has 1 aliphatic carbocycles. The number of hydrogen-bond donors (Lipinski definition) is 1. The molecule has 110 valence electrons. The summed E-state index contributed by atoms with van der Waals surface area (Å²) in [5, 5.41) is 3.48. The van der Waals surface area contributed by atoms with Crippen LogP contribution in [0.3, 0.4) is 0 Å². The van der Waals surface area contributed by atoms with Crippen LogP contribution in [-0.2, 0) is 6.42 Å². The zero-order chi connectivity index (χ0) is 13.9. The number of aryl methyl sites for hydroxylation is 1. The van der Waals surface area contributed by atoms with Crippen molar-refractivity contribution in [2.75, 3.05) is 7.05 Å². The van der Waals surface area contributed by atoms with Gasteiger partial charge in [0, 0.05) is 12.5 Å². The van der Waals surface area contributed by atoms with Gasteiger partial charge in [-0.15, -0.1) is 0 Å². The highest BCUT2D eigenvalue weighted by molar-refractivity contribution is 5.40. The Morgan fingerprint density at radius 3 is 2.95 bits per heavy atom. The minimum atomic E-state index is 0.410. The molecule has 0 amide bonds. The summed E-state index contributed by atoms with van der Waals surface area (Å²) < 4.78 is 6.15. The van der Waals surface area contributed by atoms with Crippen LogP contribution < -0.4 is 10.1 Å². The number of nitrogens with one attached hydrogen (secondary N) is 1. The fourth-order valence-electron chi connectivity index (χ4n) is 3.89. The minimum absolute atomic E-state index is 0.410. The van der Waals surface area contributed by atoms with Crippen molar-refractivity contribution in [3.63, 3.8) is 0 Å². The maximum Gasteiger partial charge on any atom is 0.123 e. The summed E-state index contributed by atoms with van der Waals surface area (Å²) in [6.45, 7) is 2.16. The van der Waals surface area contributed by atoms with Gasteiger partial charge in [-0.3, -0.25) is 0 Å². The molecule has 1 saturated carbocycles. The van der Waals surface area contributed by atoms with E-state index < -0.39 is 0 Å². The smallest absolute Gasteiger partial charge is 0.123 e. The van der Waals surface area contributed by atoms with E-state index in [1.807, 2.05) is 0 Å². The summed E-state index contributed by atoms with van der Waals surface area (Å²) in [6, 6.07) is 7.31. The molecule has 1 aromatic carbocycles. The van der Waals surface area contributed by atoms with E-state index in [4.69, 9.17) is 4.74 Å². The number of ether oxygens (including phenoxy) is 1. The molecule has 2 nitrogen and oxygen atoms in total. The Bertz CT molecular complexity index is 457. The van der Waals surface area contributed by atoms with E-state index in [1.54, 1.807) is 0 Å². The molecule has 20 heavy (non-hydrogen) atoms. The molecule has 3 unspecified atom stereocenters. The molecule has 3 atom stereocenters. The number of hydrogen-bond acceptors (Lipinski definition) is 2. The molecule has 0 saturated heterocycles. The average molecular weight is 273 g/mol. The molecule has 3 rings (SSSR count). The standard InChI is InChI=1S/C18H27NO/c1-13-7-8-18-15(9-13)12-17(20-18)11-14-5-3-4-6-16(10-14)19-2/h7-9,14,16-17,19H,3-6,10-12H2,1-2H3. The first-order valence-electron chi connectivity index (χ1n) is 8.18. The highest BCUT2D eigenvalue weighted by Gasteiger charge is 2.27. The van der Waals surface area contributed by atoms with Crippen LogP contribution in [0.25, 0.3) is 0 Å². The van der Waals surface area contributed by atoms with Crippen molar-refractivity contribution in [2.24, 2.45) is 5.92 Å². The highest BCUT2D eigenvalue weighted by atomic mass is 16.5. The summed E-state index contributed by atoms with van der Waals surface area (Å²) in [5.74, 6) is 1.95. The van der Waals surface area contributed by atoms with Crippen LogP contribution in [0.1, 0.15) is 49.7 Å². The molecule has 1 aromatic rings. The SMILES string of the molecule is CNC1CCCCC(CC2Cc3cc(C)ccc3O2)C1. The lowest BCUT2D eigenvalue weighted by Gasteiger charge is -2.22. The van der Waals surface area contributed by atoms with Crippen LogP contribution >= 0.6 is 0 Å². The number of fused-ring (bicyclic) bond motifs is 1. The molecule has 0 bridgehead atoms. The first kappa shape index (κ1) is 13.9. The van der Waals surface area contributed by atoms with E-state index in [-0.39, 0.29) is 0 Å². The third-order valence-electron chi connectivity index (χ3n) is 4.99. The lowest BCUT2D eigenvalue weighted by atomic mass is 9.90. The summed E-state index contributed by atoms with van der Waals surface area (Å²) in [7, 11) is 2.11. The van der Waals surface area contributed by atoms with Crippen LogP contribution in [0.15, 0.2) is 18.2 Å². The van der Waals surface area contributed by atoms with E-state index in [9.17, 15) is 0 Å². The zero-order valence-electron chi connectivity index (χ0n) is 12.8. The number of rotatable bonds is 3. The molecule has 1 N–H and O–H groups in total. The van der Waals surface area contributed by atoms with Crippen LogP contribution in [0.4, 0.5) is 0 Å². The molecule has 0 spiro atoms. The van der Waals surface area contributed by atoms with Gasteiger partial charge in [-0.2, -0.15) is 0 Å². The van der Waals surface area contributed by atoms with Gasteiger partial charge in [-0.1, -0.05) is 37.0 Å². The van der Waals surface area contributed by atoms with Gasteiger partial charge in [0.25, 0.3) is 0 Å². The predicted octanol–water partition coefficient (Wildman–Crippen LogP) is 3.86. The van der Waals surface area contributed by atoms with Gasteiger partial charge in [-0.25, -0.2) is 0 Å². The van der Waals surface area contributed by atoms with Crippen molar-refractivity contribution in [3.05, 3.63) is 29.3 Å². The van der Waals surface area contributed by atoms with Gasteiger partial charge in [0.1, 0.15) is 11.9 Å². The van der Waals surface area contributed by atoms with Crippen LogP contribution in [-0.4, -0.2) is 19.2 Å². The molecular weight excluding hydrogens is 246 g/mol. The second kappa shape index (κ2) is 6.17. The molecule has 2 aliphatic rings. The highest BCUT2D eigenvalue weighted by Crippen LogP contribution is 2.35. The first-order valence-corrected chi connectivity index (χ1v) is 8.18. The van der Waals surface area contributed by atoms with Crippen LogP contribution in [0, 0.1) is 12.8 Å². The molecule has 1 aliphatic heterocycles. The van der Waals surface area contributed by atoms with Gasteiger partial charge in [0.2, 0.25) is 0 Å². The molecule has 0 aromatic heterocycles. The third kappa shape index (κ3) is 3.17. The normalized spacial score (nSPS) is 29.6. The van der Waals surface area contributed by atoms with Crippen molar-refractivity contribution >= 4 is 0 Å². The maximum atomic E-state index is 6.15. The monoisotopic (exact) mass is 273 g/mol. The van der Waals surface area contributed by atoms with E-state index in [2.05, 4.69) is 37.5 Å². The second-order valence-corrected chi connectivity index (χ2v) is 6.66. The van der Waals surface area contributed by atoms with Crippen molar-refractivity contribution in [1.82, 2.24) is 5.32 Å². The Hall–Kier alpha value is -1.02. The van der Waals surface area contributed by atoms with Gasteiger partial charge in [0.15, 0.2) is 0 Å². The predicted molar refractivity (Wildman–Crippen MR) is 83.3 cm³/mol. The third-order valence-corrected chi connectivity index (χ3v) is 4.99. The van der Waals surface area contributed by atoms with Crippen molar-refractivity contribution < 1.29 is 4.74 Å². The zero-order valence-corrected chi connectivity index (χ0v) is 12.8. The topological polar surface area (TPSA) is 21.3 Å². The molecule has 1 fully saturated rings. The Morgan fingerprint density at radius 1 is 1.25 bits per heavy atom. The first-order chi connectivity index (χ1) is 9.74. The minimum Gasteiger partial charge on any atom is -0.490 e. The van der Waals surface area contributed by atoms with Crippen LogP contribution in [0.5, 0.6) is 5.75 Å². The summed E-state index contributed by atoms with van der Waals surface area (Å²) in [5.41, 5.74) is 2.76.